The molecule has 0 saturated carbocycles. The van der Waals surface area contributed by atoms with Gasteiger partial charge in [0.05, 0.1) is 10.6 Å². The Kier molecular flexibility index (Phi) is 5.11. The van der Waals surface area contributed by atoms with E-state index in [-0.39, 0.29) is 10.8 Å². The normalized spacial score (nSPS) is 13.6. The largest absolute Gasteiger partial charge is 0.334 e. The molecule has 0 atom stereocenters. The van der Waals surface area contributed by atoms with E-state index in [1.54, 1.807) is 29.2 Å². The number of nitrogens with zero attached hydrogens (tertiary/aromatic N) is 1. The fourth-order valence-corrected chi connectivity index (χ4v) is 4.72. The van der Waals surface area contributed by atoms with Gasteiger partial charge in [-0.2, -0.15) is 0 Å². The van der Waals surface area contributed by atoms with E-state index in [2.05, 4.69) is 10.8 Å². The molecule has 29 heavy (non-hydrogen) atoms. The molecule has 0 unspecified atom stereocenters. The number of hydrogen-bond acceptors (Lipinski definition) is 3. The van der Waals surface area contributed by atoms with Crippen molar-refractivity contribution in [2.75, 3.05) is 11.3 Å². The number of carbonyl (C=O) groups excluding carboxylic acids is 1. The molecule has 4 rings (SSSR count). The number of fused-ring (bicyclic) bond motifs is 1. The molecule has 0 saturated heterocycles. The standard InChI is InChI=1S/C23H22N2O3S/c1-17-7-2-5-12-22(17)24-29(27,28)21-11-6-10-19(15-21)23(26)25-14-13-18-8-3-4-9-20(18)16-25/h2-12,15,24H,13-14,16H2,1H3. The summed E-state index contributed by atoms with van der Waals surface area (Å²) >= 11 is 0. The molecular formula is C23H22N2O3S. The summed E-state index contributed by atoms with van der Waals surface area (Å²) in [6.45, 7) is 2.99. The van der Waals surface area contributed by atoms with Crippen LogP contribution in [0.25, 0.3) is 0 Å². The smallest absolute Gasteiger partial charge is 0.261 e. The number of nitrogens with one attached hydrogen (secondary N) is 1. The van der Waals surface area contributed by atoms with Crippen LogP contribution in [0.4, 0.5) is 5.69 Å². The molecule has 0 spiro atoms. The maximum atomic E-state index is 13.0. The van der Waals surface area contributed by atoms with Crippen LogP contribution in [-0.2, 0) is 23.0 Å². The van der Waals surface area contributed by atoms with Gasteiger partial charge in [0.1, 0.15) is 0 Å². The molecule has 0 fully saturated rings. The third-order valence-corrected chi connectivity index (χ3v) is 6.56. The third kappa shape index (κ3) is 4.03. The van der Waals surface area contributed by atoms with Gasteiger partial charge >= 0.3 is 0 Å². The highest BCUT2D eigenvalue weighted by Gasteiger charge is 2.23. The Morgan fingerprint density at radius 1 is 0.931 bits per heavy atom. The number of carbonyl (C=O) groups is 1. The zero-order valence-corrected chi connectivity index (χ0v) is 16.9. The average molecular weight is 407 g/mol. The van der Waals surface area contributed by atoms with Crippen LogP contribution in [-0.4, -0.2) is 25.8 Å². The van der Waals surface area contributed by atoms with E-state index >= 15 is 0 Å². The lowest BCUT2D eigenvalue weighted by Gasteiger charge is -2.29. The second kappa shape index (κ2) is 7.72. The SMILES string of the molecule is Cc1ccccc1NS(=O)(=O)c1cccc(C(=O)N2CCc3ccccc3C2)c1. The van der Waals surface area contributed by atoms with Crippen molar-refractivity contribution < 1.29 is 13.2 Å². The molecule has 5 nitrogen and oxygen atoms in total. The summed E-state index contributed by atoms with van der Waals surface area (Å²) in [5, 5.41) is 0. The van der Waals surface area contributed by atoms with Crippen molar-refractivity contribution >= 4 is 21.6 Å². The van der Waals surface area contributed by atoms with Crippen LogP contribution in [0.5, 0.6) is 0 Å². The summed E-state index contributed by atoms with van der Waals surface area (Å²) < 4.78 is 28.3. The molecule has 1 aliphatic heterocycles. The van der Waals surface area contributed by atoms with E-state index in [9.17, 15) is 13.2 Å². The summed E-state index contributed by atoms with van der Waals surface area (Å²) in [5.41, 5.74) is 4.12. The van der Waals surface area contributed by atoms with Crippen LogP contribution >= 0.6 is 0 Å². The van der Waals surface area contributed by atoms with Crippen molar-refractivity contribution in [2.24, 2.45) is 0 Å². The molecule has 148 valence electrons. The third-order valence-electron chi connectivity index (χ3n) is 5.20. The van der Waals surface area contributed by atoms with Crippen molar-refractivity contribution in [1.82, 2.24) is 4.90 Å². The molecule has 3 aromatic carbocycles. The Bertz CT molecular complexity index is 1170. The molecule has 1 N–H and O–H groups in total. The van der Waals surface area contributed by atoms with Gasteiger partial charge in [-0.1, -0.05) is 48.5 Å². The number of sulfonamides is 1. The molecule has 1 aliphatic rings. The molecule has 0 aliphatic carbocycles. The van der Waals surface area contributed by atoms with Crippen molar-refractivity contribution in [3.8, 4) is 0 Å². The number of amides is 1. The fourth-order valence-electron chi connectivity index (χ4n) is 3.54. The fraction of sp³-hybridized carbons (Fsp3) is 0.174. The van der Waals surface area contributed by atoms with Gasteiger partial charge in [-0.15, -0.1) is 0 Å². The van der Waals surface area contributed by atoms with Crippen molar-refractivity contribution in [1.29, 1.82) is 0 Å². The van der Waals surface area contributed by atoms with Crippen LogP contribution < -0.4 is 4.72 Å². The van der Waals surface area contributed by atoms with Gasteiger partial charge in [-0.3, -0.25) is 9.52 Å². The van der Waals surface area contributed by atoms with Gasteiger partial charge in [0.2, 0.25) is 0 Å². The minimum Gasteiger partial charge on any atom is -0.334 e. The maximum Gasteiger partial charge on any atom is 0.261 e. The quantitative estimate of drug-likeness (QED) is 0.712. The van der Waals surface area contributed by atoms with E-state index in [4.69, 9.17) is 0 Å². The van der Waals surface area contributed by atoms with Gasteiger partial charge in [-0.05, 0) is 54.3 Å². The summed E-state index contributed by atoms with van der Waals surface area (Å²) in [7, 11) is -3.79. The molecule has 1 heterocycles. The van der Waals surface area contributed by atoms with Crippen molar-refractivity contribution in [2.45, 2.75) is 24.8 Å². The highest BCUT2D eigenvalue weighted by atomic mass is 32.2. The van der Waals surface area contributed by atoms with Gasteiger partial charge in [0.15, 0.2) is 0 Å². The van der Waals surface area contributed by atoms with Crippen LogP contribution in [0.2, 0.25) is 0 Å². The summed E-state index contributed by atoms with van der Waals surface area (Å²) in [4.78, 5) is 14.9. The summed E-state index contributed by atoms with van der Waals surface area (Å²) in [6.07, 6.45) is 0.800. The minimum atomic E-state index is -3.79. The number of hydrogen-bond donors (Lipinski definition) is 1. The minimum absolute atomic E-state index is 0.0732. The van der Waals surface area contributed by atoms with Gasteiger partial charge in [0.25, 0.3) is 15.9 Å². The van der Waals surface area contributed by atoms with Crippen molar-refractivity contribution in [3.05, 3.63) is 95.1 Å². The molecule has 6 heteroatoms. The molecule has 0 bridgehead atoms. The maximum absolute atomic E-state index is 13.0. The van der Waals surface area contributed by atoms with Crippen molar-refractivity contribution in [3.63, 3.8) is 0 Å². The number of benzene rings is 3. The summed E-state index contributed by atoms with van der Waals surface area (Å²) in [6, 6.07) is 21.5. The van der Waals surface area contributed by atoms with Gasteiger partial charge in [-0.25, -0.2) is 8.42 Å². The Balaban J connectivity index is 1.57. The summed E-state index contributed by atoms with van der Waals surface area (Å²) in [5.74, 6) is -0.160. The predicted octanol–water partition coefficient (Wildman–Crippen LogP) is 3.99. The first-order valence-corrected chi connectivity index (χ1v) is 11.0. The topological polar surface area (TPSA) is 66.5 Å². The molecule has 0 radical (unpaired) electrons. The monoisotopic (exact) mass is 406 g/mol. The van der Waals surface area contributed by atoms with Crippen LogP contribution in [0.15, 0.2) is 77.7 Å². The van der Waals surface area contributed by atoms with E-state index in [1.807, 2.05) is 37.3 Å². The Morgan fingerprint density at radius 3 is 2.45 bits per heavy atom. The number of aryl methyl sites for hydroxylation is 1. The second-order valence-electron chi connectivity index (χ2n) is 7.19. The molecule has 1 amide bonds. The predicted molar refractivity (Wildman–Crippen MR) is 113 cm³/mol. The highest BCUT2D eigenvalue weighted by Crippen LogP contribution is 2.23. The number of anilines is 1. The van der Waals surface area contributed by atoms with Gasteiger partial charge < -0.3 is 4.90 Å². The Labute approximate surface area is 171 Å². The molecule has 0 aromatic heterocycles. The second-order valence-corrected chi connectivity index (χ2v) is 8.88. The zero-order chi connectivity index (χ0) is 20.4. The van der Waals surface area contributed by atoms with Gasteiger partial charge in [0, 0.05) is 18.7 Å². The first-order valence-electron chi connectivity index (χ1n) is 9.48. The average Bonchev–Trinajstić information content (AvgIpc) is 2.74. The molecule has 3 aromatic rings. The first kappa shape index (κ1) is 19.2. The van der Waals surface area contributed by atoms with Crippen LogP contribution in [0.3, 0.4) is 0 Å². The van der Waals surface area contributed by atoms with E-state index in [0.29, 0.717) is 24.3 Å². The highest BCUT2D eigenvalue weighted by molar-refractivity contribution is 7.92. The van der Waals surface area contributed by atoms with E-state index < -0.39 is 10.0 Å². The lowest BCUT2D eigenvalue weighted by atomic mass is 9.99. The van der Waals surface area contributed by atoms with E-state index in [0.717, 1.165) is 17.5 Å². The molecular weight excluding hydrogens is 384 g/mol. The number of rotatable bonds is 4. The van der Waals surface area contributed by atoms with Crippen LogP contribution in [0.1, 0.15) is 27.0 Å². The van der Waals surface area contributed by atoms with E-state index in [1.165, 1.54) is 17.7 Å². The Hall–Kier alpha value is -3.12. The van der Waals surface area contributed by atoms with Crippen LogP contribution in [0, 0.1) is 6.92 Å². The zero-order valence-electron chi connectivity index (χ0n) is 16.1. The first-order chi connectivity index (χ1) is 13.9. The number of para-hydroxylation sites is 1. The lowest BCUT2D eigenvalue weighted by molar-refractivity contribution is 0.0734. The Morgan fingerprint density at radius 2 is 1.66 bits per heavy atom. The lowest BCUT2D eigenvalue weighted by Crippen LogP contribution is -2.36.